The molecule has 0 unspecified atom stereocenters. The lowest BCUT2D eigenvalue weighted by molar-refractivity contribution is 0.0726. The first-order valence-electron chi connectivity index (χ1n) is 16.5. The number of ether oxygens (including phenoxy) is 1. The molecule has 4 heterocycles. The highest BCUT2D eigenvalue weighted by atomic mass is 79.9. The third-order valence-electron chi connectivity index (χ3n) is 9.98. The number of anilines is 3. The number of benzene rings is 3. The molecule has 10 heteroatoms. The summed E-state index contributed by atoms with van der Waals surface area (Å²) >= 11 is 3.52. The van der Waals surface area contributed by atoms with Gasteiger partial charge < -0.3 is 29.3 Å². The van der Waals surface area contributed by atoms with Crippen LogP contribution in [0.25, 0.3) is 0 Å². The largest absolute Gasteiger partial charge is 0.497 e. The molecule has 4 aromatic rings. The maximum Gasteiger partial charge on any atom is 0.257 e. The number of hydrogen-bond donors (Lipinski definition) is 1. The van der Waals surface area contributed by atoms with E-state index in [1.807, 2.05) is 33.7 Å². The number of aryl methyl sites for hydroxylation is 1. The summed E-state index contributed by atoms with van der Waals surface area (Å²) in [5.41, 5.74) is 5.89. The van der Waals surface area contributed by atoms with E-state index in [4.69, 9.17) is 4.74 Å². The van der Waals surface area contributed by atoms with Crippen molar-refractivity contribution >= 4 is 44.8 Å². The van der Waals surface area contributed by atoms with E-state index in [-0.39, 0.29) is 29.3 Å². The molecule has 1 N–H and O–H groups in total. The maximum absolute atomic E-state index is 14.0. The van der Waals surface area contributed by atoms with Gasteiger partial charge in [0.2, 0.25) is 0 Å². The van der Waals surface area contributed by atoms with Crippen LogP contribution in [0.1, 0.15) is 51.2 Å². The Hall–Kier alpha value is -4.57. The highest BCUT2D eigenvalue weighted by Gasteiger charge is 2.36. The molecule has 0 spiro atoms. The minimum absolute atomic E-state index is 0.0457. The van der Waals surface area contributed by atoms with Gasteiger partial charge in [0.25, 0.3) is 17.4 Å². The summed E-state index contributed by atoms with van der Waals surface area (Å²) in [4.78, 5) is 47.0. The Balaban J connectivity index is 1.18. The fourth-order valence-electron chi connectivity index (χ4n) is 7.65. The van der Waals surface area contributed by atoms with Crippen molar-refractivity contribution in [3.63, 3.8) is 0 Å². The summed E-state index contributed by atoms with van der Waals surface area (Å²) < 4.78 is 7.95. The van der Waals surface area contributed by atoms with Gasteiger partial charge in [-0.3, -0.25) is 14.4 Å². The molecule has 2 bridgehead atoms. The molecule has 3 atom stereocenters. The summed E-state index contributed by atoms with van der Waals surface area (Å²) in [7, 11) is 1.57. The van der Waals surface area contributed by atoms with Gasteiger partial charge >= 0.3 is 0 Å². The molecule has 48 heavy (non-hydrogen) atoms. The number of aromatic nitrogens is 1. The van der Waals surface area contributed by atoms with Crippen molar-refractivity contribution in [1.82, 2.24) is 9.47 Å². The smallest absolute Gasteiger partial charge is 0.257 e. The number of fused-ring (bicyclic) bond motifs is 4. The lowest BCUT2D eigenvalue weighted by Gasteiger charge is -2.44. The lowest BCUT2D eigenvalue weighted by atomic mass is 9.83. The molecule has 2 fully saturated rings. The molecule has 248 valence electrons. The Labute approximate surface area is 289 Å². The van der Waals surface area contributed by atoms with Gasteiger partial charge in [-0.1, -0.05) is 18.2 Å². The van der Waals surface area contributed by atoms with Gasteiger partial charge in [-0.2, -0.15) is 0 Å². The number of hydrogen-bond acceptors (Lipinski definition) is 6. The molecule has 3 aliphatic heterocycles. The molecule has 3 aromatic carbocycles. The fraction of sp³-hybridized carbons (Fsp3) is 0.342. The number of amides is 2. The topological polar surface area (TPSA) is 87.1 Å². The zero-order valence-electron chi connectivity index (χ0n) is 27.5. The van der Waals surface area contributed by atoms with Crippen LogP contribution >= 0.6 is 15.9 Å². The number of piperidine rings is 1. The van der Waals surface area contributed by atoms with E-state index in [2.05, 4.69) is 75.2 Å². The van der Waals surface area contributed by atoms with Crippen LogP contribution in [0, 0.1) is 12.8 Å². The van der Waals surface area contributed by atoms with Crippen LogP contribution in [0.3, 0.4) is 0 Å². The summed E-state index contributed by atoms with van der Waals surface area (Å²) in [6.07, 6.45) is 1.02. The van der Waals surface area contributed by atoms with Crippen molar-refractivity contribution < 1.29 is 14.3 Å². The molecule has 2 amide bonds. The Morgan fingerprint density at radius 3 is 2.54 bits per heavy atom. The van der Waals surface area contributed by atoms with Gasteiger partial charge in [-0.25, -0.2) is 0 Å². The highest BCUT2D eigenvalue weighted by Crippen LogP contribution is 2.40. The molecular formula is C38H40BrN5O4. The quantitative estimate of drug-likeness (QED) is 0.258. The van der Waals surface area contributed by atoms with Gasteiger partial charge in [0, 0.05) is 78.7 Å². The fourth-order valence-corrected chi connectivity index (χ4v) is 8.07. The number of halogens is 1. The number of nitrogens with one attached hydrogen (secondary N) is 1. The minimum Gasteiger partial charge on any atom is -0.497 e. The standard InChI is InChI=1S/C38H40BrN5O4/c1-24-6-4-7-29(16-24)43-15-14-41(20-25(43)2)38(47)27-10-13-35(33(18-27)40-37(46)31-19-30(48-3)11-12-32(31)39)42-21-26-17-28(23-42)34-8-5-9-36(45)44(34)22-26/h4-13,16,18-19,25-26,28H,14-15,17,20-23H2,1-3H3,(H,40,46)/t25-,26+,28-/m0/s1. The molecular weight excluding hydrogens is 670 g/mol. The second-order valence-electron chi connectivity index (χ2n) is 13.3. The van der Waals surface area contributed by atoms with Crippen LogP contribution < -0.4 is 25.4 Å². The van der Waals surface area contributed by atoms with Gasteiger partial charge in [0.15, 0.2) is 0 Å². The van der Waals surface area contributed by atoms with Crippen molar-refractivity contribution in [3.8, 4) is 5.75 Å². The van der Waals surface area contributed by atoms with Gasteiger partial charge in [0.1, 0.15) is 5.75 Å². The molecule has 2 saturated heterocycles. The Bertz CT molecular complexity index is 1940. The van der Waals surface area contributed by atoms with Crippen molar-refractivity contribution in [3.05, 3.63) is 116 Å². The van der Waals surface area contributed by atoms with E-state index < -0.39 is 0 Å². The minimum atomic E-state index is -0.305. The Morgan fingerprint density at radius 1 is 0.917 bits per heavy atom. The van der Waals surface area contributed by atoms with Crippen LogP contribution in [-0.2, 0) is 6.54 Å². The van der Waals surface area contributed by atoms with E-state index in [1.165, 1.54) is 11.3 Å². The van der Waals surface area contributed by atoms with Crippen LogP contribution in [0.15, 0.2) is 88.1 Å². The van der Waals surface area contributed by atoms with E-state index >= 15 is 0 Å². The normalized spacial score (nSPS) is 20.2. The number of carbonyl (C=O) groups excluding carboxylic acids is 2. The van der Waals surface area contributed by atoms with Gasteiger partial charge in [0.05, 0.1) is 24.0 Å². The summed E-state index contributed by atoms with van der Waals surface area (Å²) in [6, 6.07) is 25.1. The number of nitrogens with zero attached hydrogens (tertiary/aromatic N) is 4. The van der Waals surface area contributed by atoms with Crippen LogP contribution in [0.2, 0.25) is 0 Å². The SMILES string of the molecule is COc1ccc(Br)c(C(=O)Nc2cc(C(=O)N3CCN(c4cccc(C)c4)[C@@H](C)C3)ccc2N2C[C@H]3C[C@@H](C2)c2cccc(=O)n2C3)c1. The van der Waals surface area contributed by atoms with Crippen LogP contribution in [-0.4, -0.2) is 67.2 Å². The molecule has 0 radical (unpaired) electrons. The summed E-state index contributed by atoms with van der Waals surface area (Å²) in [6.45, 7) is 8.31. The van der Waals surface area contributed by atoms with E-state index in [0.717, 1.165) is 30.9 Å². The predicted octanol–water partition coefficient (Wildman–Crippen LogP) is 6.15. The van der Waals surface area contributed by atoms with Crippen molar-refractivity contribution in [2.75, 3.05) is 55.0 Å². The maximum atomic E-state index is 14.0. The number of methoxy groups -OCH3 is 1. The Kier molecular flexibility index (Phi) is 8.76. The molecule has 3 aliphatic rings. The van der Waals surface area contributed by atoms with E-state index in [0.29, 0.717) is 59.1 Å². The van der Waals surface area contributed by atoms with Gasteiger partial charge in [-0.05, 0) is 102 Å². The molecule has 9 nitrogen and oxygen atoms in total. The van der Waals surface area contributed by atoms with Crippen molar-refractivity contribution in [2.24, 2.45) is 5.92 Å². The number of pyridine rings is 1. The van der Waals surface area contributed by atoms with Crippen molar-refractivity contribution in [2.45, 2.75) is 38.8 Å². The molecule has 7 rings (SSSR count). The highest BCUT2D eigenvalue weighted by molar-refractivity contribution is 9.10. The lowest BCUT2D eigenvalue weighted by Crippen LogP contribution is -2.53. The summed E-state index contributed by atoms with van der Waals surface area (Å²) in [5, 5.41) is 3.15. The van der Waals surface area contributed by atoms with Crippen molar-refractivity contribution in [1.29, 1.82) is 0 Å². The third kappa shape index (κ3) is 6.21. The number of carbonyl (C=O) groups is 2. The second kappa shape index (κ2) is 13.1. The predicted molar refractivity (Wildman–Crippen MR) is 193 cm³/mol. The zero-order valence-corrected chi connectivity index (χ0v) is 29.1. The third-order valence-corrected chi connectivity index (χ3v) is 10.7. The first-order valence-corrected chi connectivity index (χ1v) is 17.3. The average molecular weight is 711 g/mol. The zero-order chi connectivity index (χ0) is 33.5. The molecule has 0 saturated carbocycles. The summed E-state index contributed by atoms with van der Waals surface area (Å²) in [5.74, 6) is 0.694. The Morgan fingerprint density at radius 2 is 1.75 bits per heavy atom. The first-order chi connectivity index (χ1) is 23.2. The van der Waals surface area contributed by atoms with E-state index in [9.17, 15) is 14.4 Å². The monoisotopic (exact) mass is 709 g/mol. The number of rotatable bonds is 6. The van der Waals surface area contributed by atoms with Crippen LogP contribution in [0.4, 0.5) is 17.1 Å². The first kappa shape index (κ1) is 32.0. The molecule has 1 aromatic heterocycles. The molecule has 0 aliphatic carbocycles. The number of piperazine rings is 1. The van der Waals surface area contributed by atoms with E-state index in [1.54, 1.807) is 31.4 Å². The second-order valence-corrected chi connectivity index (χ2v) is 14.1. The van der Waals surface area contributed by atoms with Crippen LogP contribution in [0.5, 0.6) is 5.75 Å². The van der Waals surface area contributed by atoms with Gasteiger partial charge in [-0.15, -0.1) is 0 Å². The average Bonchev–Trinajstić information content (AvgIpc) is 3.08.